The van der Waals surface area contributed by atoms with Gasteiger partial charge in [0.1, 0.15) is 22.9 Å². The van der Waals surface area contributed by atoms with Crippen LogP contribution in [0, 0.1) is 0 Å². The van der Waals surface area contributed by atoms with Gasteiger partial charge in [0.2, 0.25) is 5.88 Å². The van der Waals surface area contributed by atoms with E-state index in [1.54, 1.807) is 12.1 Å². The van der Waals surface area contributed by atoms with Gasteiger partial charge < -0.3 is 15.2 Å². The van der Waals surface area contributed by atoms with Crippen LogP contribution in [-0.2, 0) is 23.3 Å². The van der Waals surface area contributed by atoms with Crippen LogP contribution in [0.15, 0.2) is 48.9 Å². The van der Waals surface area contributed by atoms with Gasteiger partial charge in [-0.1, -0.05) is 23.7 Å². The molecule has 2 aromatic heterocycles. The van der Waals surface area contributed by atoms with Gasteiger partial charge in [-0.15, -0.1) is 11.6 Å². The Hall–Kier alpha value is -3.32. The summed E-state index contributed by atoms with van der Waals surface area (Å²) in [5.74, 6) is 1.27. The first-order valence-electron chi connectivity index (χ1n) is 9.61. The first kappa shape index (κ1) is 30.7. The number of nitrogens with one attached hydrogen (secondary N) is 1. The number of halogens is 8. The van der Waals surface area contributed by atoms with Gasteiger partial charge >= 0.3 is 12.9 Å². The lowest BCUT2D eigenvalue weighted by molar-refractivity contribution is -0.137. The molecule has 3 rings (SSSR count). The zero-order valence-corrected chi connectivity index (χ0v) is 19.5. The second kappa shape index (κ2) is 15.6. The molecular weight excluding hydrogens is 541 g/mol. The molecule has 0 saturated heterocycles. The summed E-state index contributed by atoms with van der Waals surface area (Å²) in [5.41, 5.74) is 0.756. The van der Waals surface area contributed by atoms with Crippen molar-refractivity contribution in [3.8, 4) is 11.6 Å². The van der Waals surface area contributed by atoms with Crippen LogP contribution in [-0.4, -0.2) is 39.8 Å². The smallest absolute Gasteiger partial charge is 0.417 e. The fraction of sp³-hybridized carbons (Fsp3) is 0.238. The summed E-state index contributed by atoms with van der Waals surface area (Å²) in [5, 5.41) is 10.4. The molecule has 0 aliphatic rings. The number of ether oxygens (including phenoxy) is 1. The second-order valence-electron chi connectivity index (χ2n) is 6.28. The summed E-state index contributed by atoms with van der Waals surface area (Å²) in [6, 6.07) is 9.26. The highest BCUT2D eigenvalue weighted by molar-refractivity contribution is 6.34. The first-order valence-corrected chi connectivity index (χ1v) is 10.5. The molecule has 7 nitrogen and oxygen atoms in total. The van der Waals surface area contributed by atoms with E-state index in [-0.39, 0.29) is 18.2 Å². The van der Waals surface area contributed by atoms with Crippen LogP contribution in [0.3, 0.4) is 0 Å². The molecular formula is C21H18Cl2F6N4O3. The molecule has 196 valence electrons. The molecule has 2 heterocycles. The minimum absolute atomic E-state index is 0.0842. The van der Waals surface area contributed by atoms with Gasteiger partial charge in [0.15, 0.2) is 0 Å². The molecule has 0 fully saturated rings. The number of rotatable bonds is 7. The van der Waals surface area contributed by atoms with Crippen LogP contribution in [0.1, 0.15) is 16.8 Å². The maximum Gasteiger partial charge on any atom is 0.417 e. The number of hydrogen-bond acceptors (Lipinski definition) is 6. The third kappa shape index (κ3) is 11.4. The largest absolute Gasteiger partial charge is 0.483 e. The number of carbonyl (C=O) groups is 1. The monoisotopic (exact) mass is 558 g/mol. The molecule has 0 unspecified atom stereocenters. The Kier molecular flexibility index (Phi) is 13.3. The van der Waals surface area contributed by atoms with E-state index in [4.69, 9.17) is 37.8 Å². The molecule has 0 radical (unpaired) electrons. The Morgan fingerprint density at radius 3 is 2.17 bits per heavy atom. The zero-order chi connectivity index (χ0) is 27.1. The number of hydrogen-bond donors (Lipinski definition) is 2. The molecule has 0 aliphatic heterocycles. The van der Waals surface area contributed by atoms with E-state index in [0.717, 1.165) is 17.8 Å². The van der Waals surface area contributed by atoms with E-state index in [2.05, 4.69) is 20.3 Å². The number of pyridine rings is 1. The highest BCUT2D eigenvalue weighted by atomic mass is 35.5. The van der Waals surface area contributed by atoms with Crippen LogP contribution < -0.4 is 10.1 Å². The minimum Gasteiger partial charge on any atom is -0.483 e. The number of nitrogens with zero attached hydrogens (tertiary/aromatic N) is 3. The predicted octanol–water partition coefficient (Wildman–Crippen LogP) is 6.61. The predicted molar refractivity (Wildman–Crippen MR) is 120 cm³/mol. The second-order valence-corrected chi connectivity index (χ2v) is 6.92. The molecule has 0 saturated carbocycles. The van der Waals surface area contributed by atoms with Gasteiger partial charge in [0, 0.05) is 18.8 Å². The van der Waals surface area contributed by atoms with Crippen molar-refractivity contribution in [2.24, 2.45) is 0 Å². The number of anilines is 1. The van der Waals surface area contributed by atoms with E-state index in [9.17, 15) is 26.3 Å². The number of alkyl halides is 7. The Morgan fingerprint density at radius 2 is 1.67 bits per heavy atom. The molecule has 0 aliphatic carbocycles. The lowest BCUT2D eigenvalue weighted by atomic mass is 10.1. The molecule has 0 atom stereocenters. The average Bonchev–Trinajstić information content (AvgIpc) is 2.81. The summed E-state index contributed by atoms with van der Waals surface area (Å²) in [6.07, 6.45) is -1.60. The van der Waals surface area contributed by atoms with Crippen molar-refractivity contribution >= 4 is 35.5 Å². The standard InChI is InChI=1S/C19H15Cl2F3N4O.CHF3.CH2O2/c20-9-15-17(21)18(28-11-27-15)25-8-7-12-1-4-14(5-2-12)29-16-6-3-13(10-26-16)19(22,23)24;2-1(3)4;2-1-3/h1-6,10-11H,7-9H2,(H,25,27,28);1H;1H,(H,2,3). The van der Waals surface area contributed by atoms with Crippen molar-refractivity contribution in [1.29, 1.82) is 0 Å². The van der Waals surface area contributed by atoms with Crippen LogP contribution in [0.2, 0.25) is 5.02 Å². The normalized spacial score (nSPS) is 10.5. The third-order valence-corrected chi connectivity index (χ3v) is 4.55. The van der Waals surface area contributed by atoms with Gasteiger partial charge in [0.25, 0.3) is 6.47 Å². The Morgan fingerprint density at radius 1 is 1.06 bits per heavy atom. The molecule has 15 heteroatoms. The van der Waals surface area contributed by atoms with Crippen LogP contribution >= 0.6 is 23.2 Å². The lowest BCUT2D eigenvalue weighted by Crippen LogP contribution is -2.08. The fourth-order valence-corrected chi connectivity index (χ4v) is 2.90. The third-order valence-electron chi connectivity index (χ3n) is 3.90. The van der Waals surface area contributed by atoms with E-state index >= 15 is 0 Å². The Balaban J connectivity index is 0.000000825. The van der Waals surface area contributed by atoms with Gasteiger partial charge in [-0.25, -0.2) is 15.0 Å². The van der Waals surface area contributed by atoms with Crippen molar-refractivity contribution in [2.75, 3.05) is 11.9 Å². The summed E-state index contributed by atoms with van der Waals surface area (Å²) in [6.45, 7) is -3.33. The van der Waals surface area contributed by atoms with Crippen molar-refractivity contribution < 1.29 is 41.0 Å². The van der Waals surface area contributed by atoms with Gasteiger partial charge in [-0.05, 0) is 30.2 Å². The summed E-state index contributed by atoms with van der Waals surface area (Å²) in [7, 11) is 0. The highest BCUT2D eigenvalue weighted by Crippen LogP contribution is 2.30. The van der Waals surface area contributed by atoms with E-state index in [1.807, 2.05) is 12.1 Å². The summed E-state index contributed by atoms with van der Waals surface area (Å²) < 4.78 is 72.1. The summed E-state index contributed by atoms with van der Waals surface area (Å²) in [4.78, 5) is 20.1. The van der Waals surface area contributed by atoms with Crippen LogP contribution in [0.5, 0.6) is 11.6 Å². The molecule has 1 aromatic carbocycles. The molecule has 3 aromatic rings. The first-order chi connectivity index (χ1) is 17.0. The fourth-order valence-electron chi connectivity index (χ4n) is 2.40. The van der Waals surface area contributed by atoms with Gasteiger partial charge in [-0.2, -0.15) is 26.3 Å². The van der Waals surface area contributed by atoms with Gasteiger partial charge in [0.05, 0.1) is 17.1 Å². The van der Waals surface area contributed by atoms with Crippen molar-refractivity contribution in [3.63, 3.8) is 0 Å². The lowest BCUT2D eigenvalue weighted by Gasteiger charge is -2.10. The maximum absolute atomic E-state index is 12.6. The number of benzene rings is 1. The van der Waals surface area contributed by atoms with E-state index in [1.165, 1.54) is 12.4 Å². The van der Waals surface area contributed by atoms with Gasteiger partial charge in [-0.3, -0.25) is 4.79 Å². The van der Waals surface area contributed by atoms with Crippen LogP contribution in [0.25, 0.3) is 0 Å². The maximum atomic E-state index is 12.6. The number of carboxylic acid groups (broad SMARTS) is 1. The average molecular weight is 559 g/mol. The zero-order valence-electron chi connectivity index (χ0n) is 18.0. The molecule has 2 N–H and O–H groups in total. The molecule has 36 heavy (non-hydrogen) atoms. The van der Waals surface area contributed by atoms with Crippen LogP contribution in [0.4, 0.5) is 32.2 Å². The minimum atomic E-state index is -4.43. The Bertz CT molecular complexity index is 1060. The van der Waals surface area contributed by atoms with Crippen molar-refractivity contribution in [3.05, 3.63) is 70.8 Å². The molecule has 0 amide bonds. The topological polar surface area (TPSA) is 97.2 Å². The SMILES string of the molecule is FC(F)(F)c1ccc(Oc2ccc(CCNc3ncnc(CCl)c3Cl)cc2)nc1.FC(F)F.O=CO. The quantitative estimate of drug-likeness (QED) is 0.191. The van der Waals surface area contributed by atoms with Crippen molar-refractivity contribution in [1.82, 2.24) is 15.0 Å². The molecule has 0 bridgehead atoms. The molecule has 0 spiro atoms. The summed E-state index contributed by atoms with van der Waals surface area (Å²) >= 11 is 11.9. The highest BCUT2D eigenvalue weighted by Gasteiger charge is 2.30. The van der Waals surface area contributed by atoms with E-state index < -0.39 is 18.4 Å². The number of aromatic nitrogens is 3. The van der Waals surface area contributed by atoms with E-state index in [0.29, 0.717) is 35.2 Å². The van der Waals surface area contributed by atoms with Crippen molar-refractivity contribution in [2.45, 2.75) is 25.2 Å². The Labute approximate surface area is 211 Å².